The Hall–Kier alpha value is -2.94. The summed E-state index contributed by atoms with van der Waals surface area (Å²) >= 11 is 0. The predicted octanol–water partition coefficient (Wildman–Crippen LogP) is 4.76. The van der Waals surface area contributed by atoms with Crippen LogP contribution in [0.2, 0.25) is 0 Å². The van der Waals surface area contributed by atoms with Gasteiger partial charge in [-0.25, -0.2) is 5.48 Å². The molecule has 0 aliphatic carbocycles. The van der Waals surface area contributed by atoms with Crippen molar-refractivity contribution in [1.82, 2.24) is 16.1 Å². The van der Waals surface area contributed by atoms with Gasteiger partial charge in [0.1, 0.15) is 5.92 Å². The molecule has 0 aliphatic rings. The van der Waals surface area contributed by atoms with Crippen LogP contribution in [0, 0.1) is 21.7 Å². The van der Waals surface area contributed by atoms with Gasteiger partial charge in [-0.3, -0.25) is 24.4 Å². The minimum atomic E-state index is -1.02. The van der Waals surface area contributed by atoms with Crippen molar-refractivity contribution in [1.29, 1.82) is 0 Å². The van der Waals surface area contributed by atoms with Gasteiger partial charge in [0, 0.05) is 31.6 Å². The molecule has 0 bridgehead atoms. The zero-order chi connectivity index (χ0) is 30.2. The summed E-state index contributed by atoms with van der Waals surface area (Å²) in [6.45, 7) is 20.7. The quantitative estimate of drug-likeness (QED) is 0.146. The fourth-order valence-corrected chi connectivity index (χ4v) is 4.62. The van der Waals surface area contributed by atoms with Gasteiger partial charge in [-0.1, -0.05) is 81.4 Å². The highest BCUT2D eigenvalue weighted by molar-refractivity contribution is 6.05. The number of benzene rings is 1. The minimum Gasteiger partial charge on any atom is -0.355 e. The summed E-state index contributed by atoms with van der Waals surface area (Å²) in [5.41, 5.74) is 1.68. The largest absolute Gasteiger partial charge is 0.355 e. The molecule has 0 saturated carbocycles. The van der Waals surface area contributed by atoms with E-state index in [1.807, 2.05) is 69.2 Å². The van der Waals surface area contributed by atoms with Crippen LogP contribution in [0.5, 0.6) is 0 Å². The molecule has 39 heavy (non-hydrogen) atoms. The van der Waals surface area contributed by atoms with Crippen LogP contribution in [0.3, 0.4) is 0 Å². The standard InChI is InChI=1S/C30H50N4O5/c1-27(2,3)18-31-25(37)24(26(38)32-19-28(4,5)6)20-11-13-21(14-12-20)33-22(35)15-29(7,8)17-30(9,10)16-23(36)34-39/h11-14,24,39H,15-19H2,1-10H3,(H,31,37)(H,32,38)(H,33,35)(H,34,36). The molecule has 4 amide bonds. The molecule has 5 N–H and O–H groups in total. The smallest absolute Gasteiger partial charge is 0.243 e. The van der Waals surface area contributed by atoms with E-state index >= 15 is 0 Å². The second-order valence-electron chi connectivity index (χ2n) is 14.6. The minimum absolute atomic E-state index is 0.134. The molecule has 0 heterocycles. The Bertz CT molecular complexity index is 972. The van der Waals surface area contributed by atoms with E-state index in [1.54, 1.807) is 29.7 Å². The lowest BCUT2D eigenvalue weighted by Gasteiger charge is -2.34. The van der Waals surface area contributed by atoms with Crippen LogP contribution in [-0.4, -0.2) is 41.9 Å². The van der Waals surface area contributed by atoms with E-state index in [-0.39, 0.29) is 41.4 Å². The molecule has 220 valence electrons. The average Bonchev–Trinajstić information content (AvgIpc) is 2.75. The monoisotopic (exact) mass is 546 g/mol. The Morgan fingerprint density at radius 1 is 0.692 bits per heavy atom. The zero-order valence-corrected chi connectivity index (χ0v) is 25.5. The third-order valence-corrected chi connectivity index (χ3v) is 6.00. The second kappa shape index (κ2) is 13.4. The number of hydrogen-bond acceptors (Lipinski definition) is 5. The van der Waals surface area contributed by atoms with E-state index in [2.05, 4.69) is 16.0 Å². The molecule has 9 heteroatoms. The van der Waals surface area contributed by atoms with Gasteiger partial charge >= 0.3 is 0 Å². The van der Waals surface area contributed by atoms with Crippen molar-refractivity contribution in [2.45, 2.75) is 94.4 Å². The number of amides is 4. The van der Waals surface area contributed by atoms with Crippen LogP contribution in [0.4, 0.5) is 5.69 Å². The van der Waals surface area contributed by atoms with Crippen molar-refractivity contribution in [2.24, 2.45) is 21.7 Å². The number of hydroxylamine groups is 1. The number of nitrogens with one attached hydrogen (secondary N) is 4. The van der Waals surface area contributed by atoms with E-state index in [9.17, 15) is 19.2 Å². The predicted molar refractivity (Wildman–Crippen MR) is 154 cm³/mol. The molecule has 1 rings (SSSR count). The molecular formula is C30H50N4O5. The van der Waals surface area contributed by atoms with E-state index in [0.29, 0.717) is 30.8 Å². The summed E-state index contributed by atoms with van der Waals surface area (Å²) in [6, 6.07) is 6.76. The van der Waals surface area contributed by atoms with Crippen LogP contribution in [-0.2, 0) is 19.2 Å². The third kappa shape index (κ3) is 13.6. The molecule has 0 radical (unpaired) electrons. The SMILES string of the molecule is CC(C)(C)CNC(=O)C(C(=O)NCC(C)(C)C)c1ccc(NC(=O)CC(C)(C)CC(C)(C)CC(=O)NO)cc1. The first-order valence-corrected chi connectivity index (χ1v) is 13.5. The van der Waals surface area contributed by atoms with E-state index in [4.69, 9.17) is 5.21 Å². The Labute approximate surface area is 234 Å². The molecule has 0 fully saturated rings. The van der Waals surface area contributed by atoms with Crippen molar-refractivity contribution < 1.29 is 24.4 Å². The summed E-state index contributed by atoms with van der Waals surface area (Å²) in [5.74, 6) is -2.40. The van der Waals surface area contributed by atoms with E-state index in [1.165, 1.54) is 0 Å². The lowest BCUT2D eigenvalue weighted by molar-refractivity contribution is -0.133. The fraction of sp³-hybridized carbons (Fsp3) is 0.667. The van der Waals surface area contributed by atoms with Gasteiger partial charge in [0.25, 0.3) is 0 Å². The molecule has 0 aromatic heterocycles. The van der Waals surface area contributed by atoms with Crippen LogP contribution in [0.1, 0.15) is 100.0 Å². The maximum atomic E-state index is 13.1. The molecule has 0 aliphatic heterocycles. The van der Waals surface area contributed by atoms with Crippen LogP contribution in [0.25, 0.3) is 0 Å². The molecule has 9 nitrogen and oxygen atoms in total. The molecule has 1 aromatic carbocycles. The van der Waals surface area contributed by atoms with Gasteiger partial charge in [0.15, 0.2) is 0 Å². The first-order valence-electron chi connectivity index (χ1n) is 13.5. The normalized spacial score (nSPS) is 12.6. The van der Waals surface area contributed by atoms with E-state index < -0.39 is 22.7 Å². The number of rotatable bonds is 12. The summed E-state index contributed by atoms with van der Waals surface area (Å²) in [7, 11) is 0. The highest BCUT2D eigenvalue weighted by Crippen LogP contribution is 2.38. The Morgan fingerprint density at radius 2 is 1.10 bits per heavy atom. The topological polar surface area (TPSA) is 137 Å². The maximum absolute atomic E-state index is 13.1. The van der Waals surface area contributed by atoms with Gasteiger partial charge in [0.05, 0.1) is 0 Å². The van der Waals surface area contributed by atoms with Gasteiger partial charge in [-0.2, -0.15) is 0 Å². The van der Waals surface area contributed by atoms with Gasteiger partial charge in [-0.05, 0) is 45.8 Å². The molecule has 0 spiro atoms. The fourth-order valence-electron chi connectivity index (χ4n) is 4.62. The summed E-state index contributed by atoms with van der Waals surface area (Å²) in [6.07, 6.45) is 0.963. The zero-order valence-electron chi connectivity index (χ0n) is 25.5. The molecule has 1 aromatic rings. The number of hydrogen-bond donors (Lipinski definition) is 5. The van der Waals surface area contributed by atoms with Crippen molar-refractivity contribution >= 4 is 29.3 Å². The maximum Gasteiger partial charge on any atom is 0.243 e. The summed E-state index contributed by atoms with van der Waals surface area (Å²) in [4.78, 5) is 50.6. The van der Waals surface area contributed by atoms with Crippen LogP contribution < -0.4 is 21.4 Å². The average molecular weight is 547 g/mol. The lowest BCUT2D eigenvalue weighted by atomic mass is 9.71. The van der Waals surface area contributed by atoms with E-state index in [0.717, 1.165) is 0 Å². The number of carbonyl (C=O) groups excluding carboxylic acids is 4. The highest BCUT2D eigenvalue weighted by atomic mass is 16.5. The summed E-state index contributed by atoms with van der Waals surface area (Å²) < 4.78 is 0. The van der Waals surface area contributed by atoms with Crippen molar-refractivity contribution in [3.8, 4) is 0 Å². The van der Waals surface area contributed by atoms with Crippen molar-refractivity contribution in [3.63, 3.8) is 0 Å². The molecular weight excluding hydrogens is 496 g/mol. The first kappa shape index (κ1) is 34.1. The third-order valence-electron chi connectivity index (χ3n) is 6.00. The Kier molecular flexibility index (Phi) is 11.7. The Balaban J connectivity index is 2.98. The van der Waals surface area contributed by atoms with Gasteiger partial charge < -0.3 is 16.0 Å². The highest BCUT2D eigenvalue weighted by Gasteiger charge is 2.33. The second-order valence-corrected chi connectivity index (χ2v) is 14.6. The number of carbonyl (C=O) groups is 4. The molecule has 0 saturated heterocycles. The first-order chi connectivity index (χ1) is 17.6. The number of anilines is 1. The lowest BCUT2D eigenvalue weighted by Crippen LogP contribution is -2.44. The summed E-state index contributed by atoms with van der Waals surface area (Å²) in [5, 5.41) is 17.5. The van der Waals surface area contributed by atoms with Gasteiger partial charge in [0.2, 0.25) is 23.6 Å². The van der Waals surface area contributed by atoms with Crippen LogP contribution >= 0.6 is 0 Å². The Morgan fingerprint density at radius 3 is 1.49 bits per heavy atom. The molecule has 0 atom stereocenters. The van der Waals surface area contributed by atoms with Crippen molar-refractivity contribution in [3.05, 3.63) is 29.8 Å². The van der Waals surface area contributed by atoms with Crippen LogP contribution in [0.15, 0.2) is 24.3 Å². The molecule has 0 unspecified atom stereocenters. The van der Waals surface area contributed by atoms with Gasteiger partial charge in [-0.15, -0.1) is 0 Å². The van der Waals surface area contributed by atoms with Crippen molar-refractivity contribution in [2.75, 3.05) is 18.4 Å².